The van der Waals surface area contributed by atoms with Gasteiger partial charge in [0.05, 0.1) is 30.3 Å². The molecule has 0 spiro atoms. The molecular formula is C27H26F2N6O2. The molecular weight excluding hydrogens is 478 g/mol. The summed E-state index contributed by atoms with van der Waals surface area (Å²) in [4.78, 5) is 25.1. The number of nitrogens with zero attached hydrogens (tertiary/aromatic N) is 6. The van der Waals surface area contributed by atoms with Crippen molar-refractivity contribution in [3.63, 3.8) is 0 Å². The highest BCUT2D eigenvalue weighted by Crippen LogP contribution is 2.37. The van der Waals surface area contributed by atoms with Crippen LogP contribution in [0, 0.1) is 11.6 Å². The minimum atomic E-state index is -0.742. The average Bonchev–Trinajstić information content (AvgIpc) is 3.41. The first-order chi connectivity index (χ1) is 17.9. The zero-order chi connectivity index (χ0) is 25.3. The third-order valence-electron chi connectivity index (χ3n) is 7.47. The number of fused-ring (bicyclic) bond motifs is 2. The van der Waals surface area contributed by atoms with Crippen LogP contribution in [0.25, 0.3) is 22.2 Å². The zero-order valence-electron chi connectivity index (χ0n) is 20.4. The molecule has 2 aliphatic heterocycles. The molecule has 3 aliphatic rings. The van der Waals surface area contributed by atoms with Crippen molar-refractivity contribution in [2.75, 3.05) is 18.0 Å². The molecule has 190 valence electrons. The van der Waals surface area contributed by atoms with Gasteiger partial charge in [0.25, 0.3) is 5.56 Å². The molecule has 3 aromatic heterocycles. The molecule has 1 saturated heterocycles. The molecule has 8 nitrogen and oxygen atoms in total. The Morgan fingerprint density at radius 1 is 1.11 bits per heavy atom. The van der Waals surface area contributed by atoms with Crippen molar-refractivity contribution in [3.8, 4) is 11.3 Å². The van der Waals surface area contributed by atoms with Gasteiger partial charge in [0.2, 0.25) is 0 Å². The van der Waals surface area contributed by atoms with E-state index in [9.17, 15) is 13.6 Å². The van der Waals surface area contributed by atoms with E-state index < -0.39 is 11.6 Å². The van der Waals surface area contributed by atoms with Gasteiger partial charge in [-0.1, -0.05) is 0 Å². The largest absolute Gasteiger partial charge is 0.367 e. The number of ether oxygens (including phenoxy) is 1. The Kier molecular flexibility index (Phi) is 5.14. The highest BCUT2D eigenvalue weighted by atomic mass is 19.1. The van der Waals surface area contributed by atoms with Crippen molar-refractivity contribution < 1.29 is 13.5 Å². The quantitative estimate of drug-likeness (QED) is 0.415. The number of aromatic nitrogens is 5. The fourth-order valence-electron chi connectivity index (χ4n) is 5.48. The molecule has 10 heteroatoms. The number of aryl methyl sites for hydroxylation is 1. The highest BCUT2D eigenvalue weighted by molar-refractivity contribution is 5.93. The summed E-state index contributed by atoms with van der Waals surface area (Å²) >= 11 is 0. The zero-order valence-corrected chi connectivity index (χ0v) is 20.4. The summed E-state index contributed by atoms with van der Waals surface area (Å²) in [5.41, 5.74) is 1.54. The van der Waals surface area contributed by atoms with Crippen LogP contribution in [-0.2, 0) is 17.7 Å². The first-order valence-corrected chi connectivity index (χ1v) is 12.8. The predicted octanol–water partition coefficient (Wildman–Crippen LogP) is 4.18. The molecule has 0 bridgehead atoms. The number of rotatable bonds is 4. The van der Waals surface area contributed by atoms with E-state index in [1.54, 1.807) is 10.6 Å². The van der Waals surface area contributed by atoms with Crippen molar-refractivity contribution in [2.24, 2.45) is 0 Å². The fourth-order valence-corrected chi connectivity index (χ4v) is 5.48. The number of hydrogen-bond donors (Lipinski definition) is 0. The maximum atomic E-state index is 15.0. The van der Waals surface area contributed by atoms with Gasteiger partial charge >= 0.3 is 0 Å². The van der Waals surface area contributed by atoms with Crippen LogP contribution in [0.15, 0.2) is 41.5 Å². The van der Waals surface area contributed by atoms with Gasteiger partial charge in [0, 0.05) is 42.9 Å². The summed E-state index contributed by atoms with van der Waals surface area (Å²) in [5, 5.41) is 4.89. The topological polar surface area (TPSA) is 78.1 Å². The van der Waals surface area contributed by atoms with Crippen LogP contribution in [0.3, 0.4) is 0 Å². The maximum absolute atomic E-state index is 15.0. The van der Waals surface area contributed by atoms with Gasteiger partial charge in [-0.25, -0.2) is 18.7 Å². The van der Waals surface area contributed by atoms with Gasteiger partial charge < -0.3 is 9.64 Å². The Hall–Kier alpha value is -3.66. The Morgan fingerprint density at radius 3 is 2.78 bits per heavy atom. The summed E-state index contributed by atoms with van der Waals surface area (Å²) in [6.07, 6.45) is 7.37. The molecule has 1 aliphatic carbocycles. The van der Waals surface area contributed by atoms with Crippen LogP contribution in [-0.4, -0.2) is 43.5 Å². The highest BCUT2D eigenvalue weighted by Gasteiger charge is 2.31. The van der Waals surface area contributed by atoms with Crippen LogP contribution in [0.5, 0.6) is 0 Å². The van der Waals surface area contributed by atoms with E-state index in [4.69, 9.17) is 14.7 Å². The molecule has 5 heterocycles. The summed E-state index contributed by atoms with van der Waals surface area (Å²) in [6.45, 7) is 3.66. The summed E-state index contributed by atoms with van der Waals surface area (Å²) in [6, 6.07) is 5.62. The van der Waals surface area contributed by atoms with E-state index in [1.807, 2.05) is 24.0 Å². The molecule has 0 N–H and O–H groups in total. The molecule has 2 atom stereocenters. The lowest BCUT2D eigenvalue weighted by Crippen LogP contribution is -2.43. The van der Waals surface area contributed by atoms with Gasteiger partial charge in [0.15, 0.2) is 0 Å². The molecule has 2 fully saturated rings. The lowest BCUT2D eigenvalue weighted by molar-refractivity contribution is -0.0176. The number of benzene rings is 1. The lowest BCUT2D eigenvalue weighted by atomic mass is 10.1. The Balaban J connectivity index is 1.35. The standard InChI is InChI=1S/C27H26F2N6O2/c1-15-12-33(14-22(37-15)16-11-30-35(13-16)18-5-6-18)24-10-20-26(31-23-3-2-8-34(23)27(20)36)25(32-24)19-7-4-17(28)9-21(19)29/h4,7,9-11,13,15,18,22H,2-3,5-6,8,12,14H2,1H3/t15-,22-/m0/s1. The number of halogens is 2. The van der Waals surface area contributed by atoms with Gasteiger partial charge in [-0.2, -0.15) is 5.10 Å². The normalized spacial score (nSPS) is 21.5. The first-order valence-electron chi connectivity index (χ1n) is 12.8. The fraction of sp³-hybridized carbons (Fsp3) is 0.407. The number of pyridine rings is 1. The molecule has 0 amide bonds. The van der Waals surface area contributed by atoms with Gasteiger partial charge in [-0.05, 0) is 44.4 Å². The Bertz CT molecular complexity index is 1590. The lowest BCUT2D eigenvalue weighted by Gasteiger charge is -2.37. The van der Waals surface area contributed by atoms with Crippen molar-refractivity contribution in [2.45, 2.75) is 57.4 Å². The van der Waals surface area contributed by atoms with E-state index in [0.717, 1.165) is 30.9 Å². The van der Waals surface area contributed by atoms with Crippen LogP contribution >= 0.6 is 0 Å². The van der Waals surface area contributed by atoms with Crippen LogP contribution < -0.4 is 10.5 Å². The van der Waals surface area contributed by atoms with Crippen LogP contribution in [0.1, 0.15) is 49.7 Å². The second-order valence-electron chi connectivity index (χ2n) is 10.3. The average molecular weight is 505 g/mol. The molecule has 1 aromatic carbocycles. The molecule has 37 heavy (non-hydrogen) atoms. The van der Waals surface area contributed by atoms with Crippen molar-refractivity contribution in [1.29, 1.82) is 0 Å². The van der Waals surface area contributed by atoms with E-state index in [0.29, 0.717) is 54.6 Å². The second kappa shape index (κ2) is 8.44. The number of anilines is 1. The Labute approximate surface area is 211 Å². The van der Waals surface area contributed by atoms with Crippen molar-refractivity contribution in [1.82, 2.24) is 24.3 Å². The number of hydrogen-bond acceptors (Lipinski definition) is 6. The third-order valence-corrected chi connectivity index (χ3v) is 7.47. The van der Waals surface area contributed by atoms with Gasteiger partial charge in [-0.15, -0.1) is 0 Å². The molecule has 1 saturated carbocycles. The Morgan fingerprint density at radius 2 is 1.97 bits per heavy atom. The molecule has 4 aromatic rings. The van der Waals surface area contributed by atoms with Crippen molar-refractivity contribution >= 4 is 16.7 Å². The van der Waals surface area contributed by atoms with Crippen molar-refractivity contribution in [3.05, 3.63) is 70.0 Å². The third kappa shape index (κ3) is 3.90. The summed E-state index contributed by atoms with van der Waals surface area (Å²) < 4.78 is 38.7. The van der Waals surface area contributed by atoms with E-state index in [2.05, 4.69) is 10.00 Å². The molecule has 0 unspecified atom stereocenters. The number of morpholine rings is 1. The summed E-state index contributed by atoms with van der Waals surface area (Å²) in [5.74, 6) is -0.205. The monoisotopic (exact) mass is 504 g/mol. The smallest absolute Gasteiger partial charge is 0.261 e. The molecule has 7 rings (SSSR count). The molecule has 0 radical (unpaired) electrons. The first kappa shape index (κ1) is 22.5. The SMILES string of the molecule is C[C@H]1CN(c2cc3c(=O)n4c(nc3c(-c3ccc(F)cc3F)n2)CCC4)C[C@@H](c2cnn(C3CC3)c2)O1. The van der Waals surface area contributed by atoms with Gasteiger partial charge in [-0.3, -0.25) is 14.0 Å². The maximum Gasteiger partial charge on any atom is 0.261 e. The van der Waals surface area contributed by atoms with E-state index >= 15 is 0 Å². The van der Waals surface area contributed by atoms with Crippen LogP contribution in [0.2, 0.25) is 0 Å². The second-order valence-corrected chi connectivity index (χ2v) is 10.3. The minimum Gasteiger partial charge on any atom is -0.367 e. The summed E-state index contributed by atoms with van der Waals surface area (Å²) in [7, 11) is 0. The van der Waals surface area contributed by atoms with Gasteiger partial charge in [0.1, 0.15) is 40.6 Å². The van der Waals surface area contributed by atoms with E-state index in [1.165, 1.54) is 12.1 Å². The predicted molar refractivity (Wildman–Crippen MR) is 133 cm³/mol. The van der Waals surface area contributed by atoms with E-state index in [-0.39, 0.29) is 29.0 Å². The minimum absolute atomic E-state index is 0.106. The van der Waals surface area contributed by atoms with Crippen LogP contribution in [0.4, 0.5) is 14.6 Å².